The Labute approximate surface area is 515 Å². The number of thiophene rings is 2. The molecule has 0 aliphatic carbocycles. The Hall–Kier alpha value is -7.00. The van der Waals surface area contributed by atoms with Gasteiger partial charge in [0.2, 0.25) is 0 Å². The van der Waals surface area contributed by atoms with Crippen molar-refractivity contribution in [1.82, 2.24) is 9.44 Å². The molecule has 496 valence electrons. The lowest BCUT2D eigenvalue weighted by Gasteiger charge is -2.14. The first-order chi connectivity index (χ1) is 42.0. The maximum atomic E-state index is 13.8. The predicted octanol–water partition coefficient (Wildman–Crippen LogP) is 2.25. The summed E-state index contributed by atoms with van der Waals surface area (Å²) in [6, 6.07) is 18.9. The number of hydrogen-bond donors (Lipinski definition) is 8. The number of sulfonamides is 2. The number of nitriles is 2. The number of carboxylic acid groups (broad SMARTS) is 2. The molecule has 40 heteroatoms. The molecule has 0 saturated heterocycles. The summed E-state index contributed by atoms with van der Waals surface area (Å²) in [6.45, 7) is 4.76. The van der Waals surface area contributed by atoms with Crippen molar-refractivity contribution in [2.75, 3.05) is 65.2 Å². The normalized spacial score (nSPS) is 12.8. The van der Waals surface area contributed by atoms with Gasteiger partial charge in [0.15, 0.2) is 23.0 Å². The minimum Gasteiger partial charge on any atom is -0.542 e. The van der Waals surface area contributed by atoms with Crippen LogP contribution in [0.4, 0.5) is 35.1 Å². The molecule has 0 radical (unpaired) electrons. The number of benzene rings is 4. The molecule has 2 unspecified atom stereocenters. The predicted molar refractivity (Wildman–Crippen MR) is 300 cm³/mol. The number of halogens is 8. The second-order valence-electron chi connectivity index (χ2n) is 17.9. The SMILES string of the molecule is N#Cc1ccc(OP(=O)(O)CNS(=O)(=O)c2cc3cc(OCCCC[NH3+])c(OCCC[NH3+])cc3s2)cc1F.N#Cc1ccc(OP(=O)(O)CNS(=O)(=O)c2cc3cc(OCCC[NH3+])c(OCCCC[NH3+])cc3s2)cc1F.O=C([O-])C(F)(F)F.O=C([O-])C(F)(F)F. The van der Waals surface area contributed by atoms with E-state index >= 15 is 0 Å². The number of aliphatic carboxylic acids is 2. The molecule has 0 fully saturated rings. The number of nitrogens with zero attached hydrogens (tertiary/aromatic N) is 2. The molecule has 0 aliphatic heterocycles. The summed E-state index contributed by atoms with van der Waals surface area (Å²) in [5.41, 5.74) is 14.7. The van der Waals surface area contributed by atoms with Crippen molar-refractivity contribution in [2.45, 2.75) is 59.3 Å². The highest BCUT2D eigenvalue weighted by Gasteiger charge is 2.31. The van der Waals surface area contributed by atoms with Gasteiger partial charge in [-0.05, 0) is 85.0 Å². The van der Waals surface area contributed by atoms with Gasteiger partial charge < -0.3 is 80.5 Å². The van der Waals surface area contributed by atoms with E-state index < -0.39 is 83.7 Å². The summed E-state index contributed by atoms with van der Waals surface area (Å²) in [5, 5.41) is 36.3. The number of ether oxygens (including phenoxy) is 4. The summed E-state index contributed by atoms with van der Waals surface area (Å²) in [7, 11) is -17.5. The molecule has 16 N–H and O–H groups in total. The summed E-state index contributed by atoms with van der Waals surface area (Å²) >= 11 is 1.92. The highest BCUT2D eigenvalue weighted by atomic mass is 32.3. The van der Waals surface area contributed by atoms with E-state index in [2.05, 4.69) is 32.4 Å². The van der Waals surface area contributed by atoms with Gasteiger partial charge in [-0.15, -0.1) is 22.7 Å². The highest BCUT2D eigenvalue weighted by Crippen LogP contribution is 2.45. The van der Waals surface area contributed by atoms with Crippen molar-refractivity contribution in [3.63, 3.8) is 0 Å². The van der Waals surface area contributed by atoms with Gasteiger partial charge in [0.25, 0.3) is 20.0 Å². The molecule has 26 nitrogen and oxygen atoms in total. The van der Waals surface area contributed by atoms with E-state index in [4.69, 9.17) is 58.3 Å². The topological polar surface area (TPSA) is 461 Å². The number of quaternary nitrogens is 4. The lowest BCUT2D eigenvalue weighted by molar-refractivity contribution is -0.369. The van der Waals surface area contributed by atoms with E-state index in [9.17, 15) is 70.9 Å². The average molecular weight is 1400 g/mol. The zero-order valence-corrected chi connectivity index (χ0v) is 52.0. The maximum absolute atomic E-state index is 13.8. The van der Waals surface area contributed by atoms with Gasteiger partial charge in [-0.1, -0.05) is 0 Å². The van der Waals surface area contributed by atoms with Crippen LogP contribution in [0.25, 0.3) is 20.2 Å². The number of fused-ring (bicyclic) bond motifs is 2. The molecule has 0 amide bonds. The van der Waals surface area contributed by atoms with Crippen LogP contribution in [0.1, 0.15) is 49.7 Å². The van der Waals surface area contributed by atoms with E-state index in [-0.39, 0.29) is 31.0 Å². The molecule has 0 aliphatic rings. The lowest BCUT2D eigenvalue weighted by Crippen LogP contribution is -2.50. The van der Waals surface area contributed by atoms with Gasteiger partial charge >= 0.3 is 27.5 Å². The first-order valence-corrected chi connectivity index (χ1v) is 34.0. The van der Waals surface area contributed by atoms with Crippen LogP contribution in [0, 0.1) is 34.3 Å². The van der Waals surface area contributed by atoms with Crippen LogP contribution in [0.3, 0.4) is 0 Å². The van der Waals surface area contributed by atoms with Gasteiger partial charge in [0.1, 0.15) is 68.2 Å². The minimum atomic E-state index is -5.19. The maximum Gasteiger partial charge on any atom is 0.430 e. The smallest absolute Gasteiger partial charge is 0.430 e. The number of alkyl halides is 6. The molecule has 0 spiro atoms. The van der Waals surface area contributed by atoms with Crippen LogP contribution in [0.5, 0.6) is 34.5 Å². The van der Waals surface area contributed by atoms with Gasteiger partial charge in [-0.25, -0.2) is 34.7 Å². The Morgan fingerprint density at radius 3 is 1.11 bits per heavy atom. The third-order valence-electron chi connectivity index (χ3n) is 10.7. The van der Waals surface area contributed by atoms with Crippen LogP contribution < -0.4 is 70.6 Å². The summed E-state index contributed by atoms with van der Waals surface area (Å²) in [4.78, 5) is 37.8. The standard InChI is InChI=1S/2C23H28FN4O7PS2.2C2HF3O2/c24-19-12-18(5-4-16(19)14-27)35-36(29,30)15-28-38(31,32)23-11-17-10-20(34-9-3-7-26)21(13-22(17)37-23)33-8-2-1-6-25;24-19-12-18(5-4-16(19)14-27)35-36(29,30)15-28-38(31,32)23-11-17-10-20(33-8-2-1-6-25)21(13-22(17)37-23)34-9-3-7-26;2*3-2(4,5)1(6)7/h2*4-5,10-13,28H,1-3,6-9,15,25-26H2,(H,29,30);2*(H,6,7)/p+2. The van der Waals surface area contributed by atoms with Crippen LogP contribution in [0.15, 0.2) is 81.2 Å². The third-order valence-corrected chi connectivity index (χ3v) is 19.2. The highest BCUT2D eigenvalue weighted by molar-refractivity contribution is 7.92. The molecule has 90 heavy (non-hydrogen) atoms. The van der Waals surface area contributed by atoms with Crippen LogP contribution >= 0.6 is 37.9 Å². The molecule has 0 bridgehead atoms. The second kappa shape index (κ2) is 35.6. The number of unbranched alkanes of at least 4 members (excludes halogenated alkanes) is 2. The lowest BCUT2D eigenvalue weighted by atomic mass is 10.2. The minimum absolute atomic E-state index is 0.0881. The van der Waals surface area contributed by atoms with Crippen molar-refractivity contribution in [3.05, 3.63) is 95.6 Å². The largest absolute Gasteiger partial charge is 0.542 e. The molecule has 2 aromatic heterocycles. The Morgan fingerprint density at radius 2 is 0.833 bits per heavy atom. The molecular weight excluding hydrogens is 1340 g/mol. The van der Waals surface area contributed by atoms with Crippen molar-refractivity contribution < 1.29 is 142 Å². The molecule has 2 atom stereocenters. The van der Waals surface area contributed by atoms with Gasteiger partial charge in [0, 0.05) is 46.5 Å². The van der Waals surface area contributed by atoms with E-state index in [1.165, 1.54) is 12.1 Å². The summed E-state index contributed by atoms with van der Waals surface area (Å²) < 4.78 is 206. The van der Waals surface area contributed by atoms with Crippen LogP contribution in [-0.2, 0) is 38.8 Å². The van der Waals surface area contributed by atoms with Crippen LogP contribution in [0.2, 0.25) is 0 Å². The first-order valence-electron chi connectivity index (χ1n) is 25.9. The van der Waals surface area contributed by atoms with Crippen molar-refractivity contribution in [2.24, 2.45) is 0 Å². The van der Waals surface area contributed by atoms with Crippen molar-refractivity contribution in [3.8, 4) is 46.6 Å². The molecule has 4 aromatic carbocycles. The number of hydrogen-bond acceptors (Lipinski definition) is 20. The first kappa shape index (κ1) is 77.2. The van der Waals surface area contributed by atoms with Gasteiger partial charge in [-0.2, -0.15) is 46.3 Å². The summed E-state index contributed by atoms with van der Waals surface area (Å²) in [5.74, 6) is -6.56. The molecular formula is C50H60F8N8O18P2S4+2. The summed E-state index contributed by atoms with van der Waals surface area (Å²) in [6.07, 6.45) is -7.37. The molecule has 2 heterocycles. The number of carbonyl (C=O) groups excluding carboxylic acids is 2. The molecule has 6 aromatic rings. The molecule has 0 saturated carbocycles. The van der Waals surface area contributed by atoms with Gasteiger partial charge in [0.05, 0.1) is 63.7 Å². The zero-order chi connectivity index (χ0) is 67.7. The third kappa shape index (κ3) is 26.1. The Balaban J connectivity index is 0.000000387. The average Bonchev–Trinajstić information content (AvgIpc) is 1.68. The van der Waals surface area contributed by atoms with E-state index in [1.54, 1.807) is 36.4 Å². The van der Waals surface area contributed by atoms with Crippen molar-refractivity contribution >= 4 is 90.0 Å². The van der Waals surface area contributed by atoms with Gasteiger partial charge in [-0.3, -0.25) is 0 Å². The number of rotatable bonds is 30. The zero-order valence-electron chi connectivity index (χ0n) is 46.9. The number of carbonyl (C=O) groups is 2. The Morgan fingerprint density at radius 1 is 0.533 bits per heavy atom. The van der Waals surface area contributed by atoms with Crippen molar-refractivity contribution in [1.29, 1.82) is 10.5 Å². The Kier molecular flexibility index (Phi) is 30.5. The van der Waals surface area contributed by atoms with E-state index in [0.717, 1.165) is 111 Å². The second-order valence-corrected chi connectivity index (χ2v) is 27.6. The van der Waals surface area contributed by atoms with Crippen LogP contribution in [-0.4, -0.2) is 116 Å². The fourth-order valence-electron chi connectivity index (χ4n) is 6.41. The monoisotopic (exact) mass is 1400 g/mol. The quantitative estimate of drug-likeness (QED) is 0.0182. The number of nitrogens with one attached hydrogen (secondary N) is 2. The fourth-order valence-corrected chi connectivity index (χ4v) is 14.3. The Bertz CT molecular complexity index is 3570. The van der Waals surface area contributed by atoms with E-state index in [0.29, 0.717) is 82.7 Å². The molecule has 6 rings (SSSR count). The van der Waals surface area contributed by atoms with E-state index in [1.807, 2.05) is 0 Å². The number of carboxylic acids is 2. The fraction of sp³-hybridized carbons (Fsp3) is 0.360.